The van der Waals surface area contributed by atoms with Crippen LogP contribution in [0, 0.1) is 0 Å². The summed E-state index contributed by atoms with van der Waals surface area (Å²) in [6, 6.07) is 7.91. The molecule has 3 N–H and O–H groups in total. The number of piperidine rings is 1. The molecule has 0 aromatic heterocycles. The topological polar surface area (TPSA) is 75.4 Å². The molecule has 5 nitrogen and oxygen atoms in total. The molecule has 1 aromatic rings. The average molecular weight is 303 g/mol. The predicted molar refractivity (Wildman–Crippen MR) is 85.8 cm³/mol. The largest absolute Gasteiger partial charge is 0.344 e. The van der Waals surface area contributed by atoms with E-state index in [0.29, 0.717) is 19.6 Å². The number of likely N-dealkylation sites (tertiary alicyclic amines) is 1. The Balaban J connectivity index is 1.92. The number of rotatable bonds is 4. The Labute approximate surface area is 131 Å². The fraction of sp³-hybridized carbons (Fsp3) is 0.529. The number of carbonyl (C=O) groups is 2. The Hall–Kier alpha value is -1.88. The van der Waals surface area contributed by atoms with E-state index in [4.69, 9.17) is 5.73 Å². The second-order valence-corrected chi connectivity index (χ2v) is 5.76. The zero-order valence-electron chi connectivity index (χ0n) is 13.2. The molecule has 0 aliphatic carbocycles. The van der Waals surface area contributed by atoms with E-state index in [-0.39, 0.29) is 6.04 Å². The van der Waals surface area contributed by atoms with Gasteiger partial charge in [-0.3, -0.25) is 9.59 Å². The van der Waals surface area contributed by atoms with E-state index in [1.165, 1.54) is 0 Å². The van der Waals surface area contributed by atoms with Gasteiger partial charge in [-0.25, -0.2) is 0 Å². The highest BCUT2D eigenvalue weighted by Gasteiger charge is 2.29. The molecule has 1 unspecified atom stereocenters. The molecule has 1 aliphatic rings. The lowest BCUT2D eigenvalue weighted by molar-refractivity contribution is -0.148. The van der Waals surface area contributed by atoms with Crippen molar-refractivity contribution in [2.75, 3.05) is 6.54 Å². The van der Waals surface area contributed by atoms with Crippen LogP contribution in [0.15, 0.2) is 24.3 Å². The summed E-state index contributed by atoms with van der Waals surface area (Å²) in [6.07, 6.45) is 4.01. The number of carbonyl (C=O) groups excluding carboxylic acids is 2. The fourth-order valence-electron chi connectivity index (χ4n) is 2.95. The highest BCUT2D eigenvalue weighted by Crippen LogP contribution is 2.19. The minimum Gasteiger partial charge on any atom is -0.344 e. The maximum Gasteiger partial charge on any atom is 0.312 e. The zero-order chi connectivity index (χ0) is 15.9. The van der Waals surface area contributed by atoms with Crippen LogP contribution in [0.4, 0.5) is 0 Å². The number of nitrogens with zero attached hydrogens (tertiary/aromatic N) is 1. The van der Waals surface area contributed by atoms with Gasteiger partial charge < -0.3 is 16.0 Å². The molecule has 1 heterocycles. The third-order valence-electron chi connectivity index (χ3n) is 4.23. The lowest BCUT2D eigenvalue weighted by Crippen LogP contribution is -2.49. The number of amides is 2. The van der Waals surface area contributed by atoms with E-state index in [1.54, 1.807) is 4.90 Å². The number of nitrogens with two attached hydrogens (primary N) is 1. The molecular weight excluding hydrogens is 278 g/mol. The van der Waals surface area contributed by atoms with Gasteiger partial charge in [-0.05, 0) is 36.8 Å². The molecule has 1 aromatic carbocycles. The summed E-state index contributed by atoms with van der Waals surface area (Å²) >= 11 is 0. The molecule has 22 heavy (non-hydrogen) atoms. The molecule has 0 saturated carbocycles. The SMILES string of the molecule is CCC1CCCCN1C(=O)C(=O)NCc1cccc(CN)c1. The third kappa shape index (κ3) is 4.07. The lowest BCUT2D eigenvalue weighted by atomic mass is 10.00. The van der Waals surface area contributed by atoms with Crippen molar-refractivity contribution in [1.82, 2.24) is 10.2 Å². The van der Waals surface area contributed by atoms with Gasteiger partial charge in [0.05, 0.1) is 0 Å². The van der Waals surface area contributed by atoms with Gasteiger partial charge in [0.2, 0.25) is 0 Å². The standard InChI is InChI=1S/C17H25N3O2/c1-2-15-8-3-4-9-20(15)17(22)16(21)19-12-14-7-5-6-13(10-14)11-18/h5-7,10,15H,2-4,8-9,11-12,18H2,1H3,(H,19,21). The van der Waals surface area contributed by atoms with Crippen molar-refractivity contribution >= 4 is 11.8 Å². The fourth-order valence-corrected chi connectivity index (χ4v) is 2.95. The van der Waals surface area contributed by atoms with Gasteiger partial charge in [0.1, 0.15) is 0 Å². The Morgan fingerprint density at radius 2 is 2.09 bits per heavy atom. The van der Waals surface area contributed by atoms with Crippen LogP contribution in [0.3, 0.4) is 0 Å². The van der Waals surface area contributed by atoms with Crippen LogP contribution in [0.25, 0.3) is 0 Å². The van der Waals surface area contributed by atoms with Crippen molar-refractivity contribution in [1.29, 1.82) is 0 Å². The Morgan fingerprint density at radius 3 is 2.82 bits per heavy atom. The predicted octanol–water partition coefficient (Wildman–Crippen LogP) is 1.55. The second kappa shape index (κ2) is 7.94. The second-order valence-electron chi connectivity index (χ2n) is 5.76. The summed E-state index contributed by atoms with van der Waals surface area (Å²) < 4.78 is 0. The zero-order valence-corrected chi connectivity index (χ0v) is 13.2. The molecule has 1 fully saturated rings. The van der Waals surface area contributed by atoms with Gasteiger partial charge in [0, 0.05) is 25.7 Å². The van der Waals surface area contributed by atoms with Gasteiger partial charge in [0.25, 0.3) is 0 Å². The molecule has 2 rings (SSSR count). The molecule has 0 radical (unpaired) electrons. The number of nitrogens with one attached hydrogen (secondary N) is 1. The summed E-state index contributed by atoms with van der Waals surface area (Å²) in [4.78, 5) is 26.1. The first-order chi connectivity index (χ1) is 10.7. The van der Waals surface area contributed by atoms with E-state index in [0.717, 1.165) is 36.8 Å². The summed E-state index contributed by atoms with van der Waals surface area (Å²) in [7, 11) is 0. The maximum atomic E-state index is 12.3. The molecule has 5 heteroatoms. The van der Waals surface area contributed by atoms with Crippen LogP contribution in [0.1, 0.15) is 43.7 Å². The van der Waals surface area contributed by atoms with Crippen molar-refractivity contribution in [2.45, 2.75) is 51.7 Å². The molecular formula is C17H25N3O2. The van der Waals surface area contributed by atoms with E-state index in [2.05, 4.69) is 12.2 Å². The minimum absolute atomic E-state index is 0.201. The molecule has 0 spiro atoms. The molecule has 1 aliphatic heterocycles. The number of benzene rings is 1. The summed E-state index contributed by atoms with van der Waals surface area (Å²) in [5.74, 6) is -0.917. The normalized spacial score (nSPS) is 18.1. The summed E-state index contributed by atoms with van der Waals surface area (Å²) in [5, 5.41) is 2.72. The van der Waals surface area contributed by atoms with Gasteiger partial charge >= 0.3 is 11.8 Å². The van der Waals surface area contributed by atoms with Gasteiger partial charge in [-0.2, -0.15) is 0 Å². The smallest absolute Gasteiger partial charge is 0.312 e. The number of hydrogen-bond acceptors (Lipinski definition) is 3. The van der Waals surface area contributed by atoms with Crippen molar-refractivity contribution in [3.05, 3.63) is 35.4 Å². The van der Waals surface area contributed by atoms with Crippen LogP contribution < -0.4 is 11.1 Å². The van der Waals surface area contributed by atoms with Crippen LogP contribution in [-0.2, 0) is 22.7 Å². The number of hydrogen-bond donors (Lipinski definition) is 2. The van der Waals surface area contributed by atoms with Gasteiger partial charge in [-0.1, -0.05) is 31.2 Å². The third-order valence-corrected chi connectivity index (χ3v) is 4.23. The first kappa shape index (κ1) is 16.5. The maximum absolute atomic E-state index is 12.3. The van der Waals surface area contributed by atoms with Crippen LogP contribution in [0.2, 0.25) is 0 Å². The van der Waals surface area contributed by atoms with E-state index in [9.17, 15) is 9.59 Å². The highest BCUT2D eigenvalue weighted by molar-refractivity contribution is 6.35. The van der Waals surface area contributed by atoms with E-state index >= 15 is 0 Å². The Bertz CT molecular complexity index is 530. The quantitative estimate of drug-likeness (QED) is 0.829. The van der Waals surface area contributed by atoms with Crippen molar-refractivity contribution in [2.24, 2.45) is 5.73 Å². The van der Waals surface area contributed by atoms with E-state index in [1.807, 2.05) is 24.3 Å². The summed E-state index contributed by atoms with van der Waals surface area (Å²) in [6.45, 7) is 3.57. The van der Waals surface area contributed by atoms with Crippen molar-refractivity contribution in [3.63, 3.8) is 0 Å². The van der Waals surface area contributed by atoms with Crippen molar-refractivity contribution < 1.29 is 9.59 Å². The van der Waals surface area contributed by atoms with Crippen molar-refractivity contribution in [3.8, 4) is 0 Å². The van der Waals surface area contributed by atoms with Crippen LogP contribution in [0.5, 0.6) is 0 Å². The highest BCUT2D eigenvalue weighted by atomic mass is 16.2. The minimum atomic E-state index is -0.515. The monoisotopic (exact) mass is 303 g/mol. The molecule has 120 valence electrons. The molecule has 0 bridgehead atoms. The molecule has 1 saturated heterocycles. The van der Waals surface area contributed by atoms with Crippen LogP contribution in [-0.4, -0.2) is 29.3 Å². The Morgan fingerprint density at radius 1 is 1.32 bits per heavy atom. The molecule has 2 amide bonds. The average Bonchev–Trinajstić information content (AvgIpc) is 2.59. The summed E-state index contributed by atoms with van der Waals surface area (Å²) in [5.41, 5.74) is 7.57. The first-order valence-electron chi connectivity index (χ1n) is 8.02. The Kier molecular flexibility index (Phi) is 5.95. The molecule has 1 atom stereocenters. The van der Waals surface area contributed by atoms with E-state index < -0.39 is 11.8 Å². The first-order valence-corrected chi connectivity index (χ1v) is 8.02. The van der Waals surface area contributed by atoms with Crippen LogP contribution >= 0.6 is 0 Å². The lowest BCUT2D eigenvalue weighted by Gasteiger charge is -2.34. The van der Waals surface area contributed by atoms with Gasteiger partial charge in [-0.15, -0.1) is 0 Å². The van der Waals surface area contributed by atoms with Gasteiger partial charge in [0.15, 0.2) is 0 Å².